The van der Waals surface area contributed by atoms with Gasteiger partial charge in [0.25, 0.3) is 0 Å². The molecule has 0 radical (unpaired) electrons. The summed E-state index contributed by atoms with van der Waals surface area (Å²) in [7, 11) is 1.64. The van der Waals surface area contributed by atoms with Gasteiger partial charge in [-0.15, -0.1) is 5.10 Å². The largest absolute Gasteiger partial charge is 0.479 e. The van der Waals surface area contributed by atoms with Crippen molar-refractivity contribution in [2.24, 2.45) is 11.8 Å². The molecule has 2 aliphatic rings. The van der Waals surface area contributed by atoms with E-state index in [0.29, 0.717) is 29.7 Å². The van der Waals surface area contributed by atoms with Crippen LogP contribution in [-0.2, 0) is 4.74 Å². The maximum Gasteiger partial charge on any atom is 0.244 e. The van der Waals surface area contributed by atoms with Gasteiger partial charge in [-0.1, -0.05) is 0 Å². The van der Waals surface area contributed by atoms with Crippen LogP contribution in [0.3, 0.4) is 0 Å². The van der Waals surface area contributed by atoms with Crippen molar-refractivity contribution in [1.29, 1.82) is 0 Å². The molecule has 1 aliphatic heterocycles. The van der Waals surface area contributed by atoms with E-state index in [9.17, 15) is 0 Å². The van der Waals surface area contributed by atoms with E-state index in [0.717, 1.165) is 35.4 Å². The molecule has 8 nitrogen and oxygen atoms in total. The van der Waals surface area contributed by atoms with Gasteiger partial charge in [0.15, 0.2) is 0 Å². The lowest BCUT2D eigenvalue weighted by molar-refractivity contribution is 0.162. The lowest BCUT2D eigenvalue weighted by Crippen LogP contribution is -2.16. The summed E-state index contributed by atoms with van der Waals surface area (Å²) in [6, 6.07) is 8.55. The molecule has 8 heteroatoms. The Morgan fingerprint density at radius 2 is 2.00 bits per heavy atom. The summed E-state index contributed by atoms with van der Waals surface area (Å²) in [5, 5.41) is 12.3. The summed E-state index contributed by atoms with van der Waals surface area (Å²) in [6.07, 6.45) is 5.68. The third-order valence-electron chi connectivity index (χ3n) is 5.63. The first-order valence-corrected chi connectivity index (χ1v) is 9.03. The zero-order valence-electron chi connectivity index (χ0n) is 14.7. The number of fused-ring (bicyclic) bond motifs is 3. The van der Waals surface area contributed by atoms with Crippen LogP contribution in [0.25, 0.3) is 22.2 Å². The van der Waals surface area contributed by atoms with E-state index in [1.54, 1.807) is 13.3 Å². The van der Waals surface area contributed by atoms with Gasteiger partial charge < -0.3 is 14.8 Å². The van der Waals surface area contributed by atoms with Crippen LogP contribution in [0.2, 0.25) is 0 Å². The van der Waals surface area contributed by atoms with E-state index in [1.807, 2.05) is 39.6 Å². The predicted molar refractivity (Wildman–Crippen MR) is 98.9 cm³/mol. The molecule has 0 amide bonds. The molecular weight excluding hydrogens is 344 g/mol. The van der Waals surface area contributed by atoms with Crippen molar-refractivity contribution in [1.82, 2.24) is 24.2 Å². The Morgan fingerprint density at radius 1 is 1.15 bits per heavy atom. The third kappa shape index (κ3) is 2.23. The summed E-state index contributed by atoms with van der Waals surface area (Å²) in [6.45, 7) is 1.65. The number of pyridine rings is 1. The zero-order valence-corrected chi connectivity index (χ0v) is 14.7. The first-order chi connectivity index (χ1) is 13.3. The second-order valence-corrected chi connectivity index (χ2v) is 7.12. The molecule has 6 rings (SSSR count). The quantitative estimate of drug-likeness (QED) is 0.599. The average Bonchev–Trinajstić information content (AvgIpc) is 3.20. The molecule has 0 bridgehead atoms. The van der Waals surface area contributed by atoms with Crippen molar-refractivity contribution in [2.45, 2.75) is 6.04 Å². The van der Waals surface area contributed by atoms with Crippen LogP contribution >= 0.6 is 0 Å². The summed E-state index contributed by atoms with van der Waals surface area (Å²) >= 11 is 0. The minimum atomic E-state index is 0.403. The van der Waals surface area contributed by atoms with Crippen LogP contribution in [-0.4, -0.2) is 50.6 Å². The molecule has 5 heterocycles. The van der Waals surface area contributed by atoms with E-state index < -0.39 is 0 Å². The molecule has 27 heavy (non-hydrogen) atoms. The van der Waals surface area contributed by atoms with Crippen LogP contribution in [0.4, 0.5) is 5.95 Å². The fourth-order valence-electron chi connectivity index (χ4n) is 4.12. The standard InChI is InChI=1S/C19H18N6O2/c1-26-18-17-13(11-3-6-24-12(8-11)2-5-20-24)4-7-25(17)23-19(22-18)21-16-14-9-27-10-15(14)16/h2-8,14-16H,9-10H2,1H3,(H,21,23)/t14-,15+,16-. The highest BCUT2D eigenvalue weighted by atomic mass is 16.5. The second-order valence-electron chi connectivity index (χ2n) is 7.12. The zero-order chi connectivity index (χ0) is 18.0. The molecule has 2 fully saturated rings. The first-order valence-electron chi connectivity index (χ1n) is 9.03. The summed E-state index contributed by atoms with van der Waals surface area (Å²) in [5.41, 5.74) is 3.99. The average molecular weight is 362 g/mol. The topological polar surface area (TPSA) is 78.0 Å². The lowest BCUT2D eigenvalue weighted by atomic mass is 10.1. The number of rotatable bonds is 4. The highest BCUT2D eigenvalue weighted by Gasteiger charge is 2.54. The van der Waals surface area contributed by atoms with E-state index in [1.165, 1.54) is 0 Å². The van der Waals surface area contributed by atoms with Crippen molar-refractivity contribution >= 4 is 17.0 Å². The monoisotopic (exact) mass is 362 g/mol. The molecule has 1 aliphatic carbocycles. The fourth-order valence-corrected chi connectivity index (χ4v) is 4.12. The first kappa shape index (κ1) is 15.0. The fraction of sp³-hybridized carbons (Fsp3) is 0.316. The third-order valence-corrected chi connectivity index (χ3v) is 5.63. The number of ether oxygens (including phenoxy) is 2. The van der Waals surface area contributed by atoms with Gasteiger partial charge in [-0.25, -0.2) is 9.03 Å². The molecule has 1 N–H and O–H groups in total. The van der Waals surface area contributed by atoms with Gasteiger partial charge in [-0.3, -0.25) is 0 Å². The van der Waals surface area contributed by atoms with Crippen LogP contribution < -0.4 is 10.1 Å². The van der Waals surface area contributed by atoms with E-state index >= 15 is 0 Å². The van der Waals surface area contributed by atoms with Crippen molar-refractivity contribution < 1.29 is 9.47 Å². The maximum absolute atomic E-state index is 5.60. The minimum absolute atomic E-state index is 0.403. The number of hydrogen-bond acceptors (Lipinski definition) is 6. The molecule has 1 saturated carbocycles. The Hall–Kier alpha value is -3.13. The van der Waals surface area contributed by atoms with E-state index in [-0.39, 0.29) is 0 Å². The summed E-state index contributed by atoms with van der Waals surface area (Å²) in [4.78, 5) is 4.61. The molecule has 3 atom stereocenters. The van der Waals surface area contributed by atoms with Gasteiger partial charge in [0.1, 0.15) is 5.52 Å². The van der Waals surface area contributed by atoms with Gasteiger partial charge in [-0.2, -0.15) is 10.1 Å². The van der Waals surface area contributed by atoms with Crippen molar-refractivity contribution in [3.8, 4) is 17.0 Å². The molecule has 0 spiro atoms. The SMILES string of the molecule is COc1nc(N[C@@H]2[C@@H]3COC[C@@H]32)nn2ccc(-c3ccn4nccc4c3)c12. The van der Waals surface area contributed by atoms with E-state index in [4.69, 9.17) is 9.47 Å². The molecule has 0 aromatic carbocycles. The maximum atomic E-state index is 5.60. The Kier molecular flexibility index (Phi) is 3.01. The number of methoxy groups -OCH3 is 1. The highest BCUT2D eigenvalue weighted by Crippen LogP contribution is 2.45. The normalized spacial score (nSPS) is 23.7. The van der Waals surface area contributed by atoms with Crippen LogP contribution in [0.15, 0.2) is 42.9 Å². The Balaban J connectivity index is 1.41. The number of anilines is 1. The van der Waals surface area contributed by atoms with Crippen molar-refractivity contribution in [3.05, 3.63) is 42.9 Å². The Morgan fingerprint density at radius 3 is 2.85 bits per heavy atom. The lowest BCUT2D eigenvalue weighted by Gasteiger charge is -2.11. The van der Waals surface area contributed by atoms with Crippen LogP contribution in [0, 0.1) is 11.8 Å². The Bertz CT molecular complexity index is 1160. The minimum Gasteiger partial charge on any atom is -0.479 e. The molecule has 4 aromatic heterocycles. The van der Waals surface area contributed by atoms with Gasteiger partial charge in [0.2, 0.25) is 11.8 Å². The van der Waals surface area contributed by atoms with Gasteiger partial charge in [0, 0.05) is 42.0 Å². The van der Waals surface area contributed by atoms with Gasteiger partial charge in [-0.05, 0) is 29.8 Å². The highest BCUT2D eigenvalue weighted by molar-refractivity contribution is 5.85. The second kappa shape index (κ2) is 5.43. The molecular formula is C19H18N6O2. The molecule has 1 saturated heterocycles. The van der Waals surface area contributed by atoms with Crippen molar-refractivity contribution in [2.75, 3.05) is 25.6 Å². The van der Waals surface area contributed by atoms with Gasteiger partial charge >= 0.3 is 0 Å². The predicted octanol–water partition coefficient (Wildman–Crippen LogP) is 2.11. The van der Waals surface area contributed by atoms with E-state index in [2.05, 4.69) is 26.6 Å². The molecule has 136 valence electrons. The van der Waals surface area contributed by atoms with Crippen molar-refractivity contribution in [3.63, 3.8) is 0 Å². The Labute approximate surface area is 154 Å². The molecule has 0 unspecified atom stereocenters. The van der Waals surface area contributed by atoms with Gasteiger partial charge in [0.05, 0.1) is 25.8 Å². The summed E-state index contributed by atoms with van der Waals surface area (Å²) in [5.74, 6) is 2.31. The van der Waals surface area contributed by atoms with Crippen LogP contribution in [0.1, 0.15) is 0 Å². The number of nitrogens with one attached hydrogen (secondary N) is 1. The van der Waals surface area contributed by atoms with Crippen LogP contribution in [0.5, 0.6) is 5.88 Å². The smallest absolute Gasteiger partial charge is 0.244 e. The summed E-state index contributed by atoms with van der Waals surface area (Å²) < 4.78 is 14.7. The number of hydrogen-bond donors (Lipinski definition) is 1. The number of nitrogens with zero attached hydrogens (tertiary/aromatic N) is 5. The molecule has 4 aromatic rings. The number of aromatic nitrogens is 5.